The van der Waals surface area contributed by atoms with E-state index in [0.29, 0.717) is 28.0 Å². The largest absolute Gasteiger partial charge is 0.495 e. The number of fused-ring (bicyclic) bond motifs is 1. The van der Waals surface area contributed by atoms with Crippen LogP contribution >= 0.6 is 11.3 Å². The van der Waals surface area contributed by atoms with Crippen LogP contribution in [0.5, 0.6) is 5.75 Å². The van der Waals surface area contributed by atoms with E-state index in [0.717, 1.165) is 10.9 Å². The number of esters is 1. The number of carbonyl (C=O) groups is 2. The Morgan fingerprint density at radius 2 is 1.82 bits per heavy atom. The van der Waals surface area contributed by atoms with E-state index in [1.165, 1.54) is 29.2 Å². The second-order valence-electron chi connectivity index (χ2n) is 7.02. The van der Waals surface area contributed by atoms with Crippen LogP contribution in [0.4, 0.5) is 10.8 Å². The molecule has 0 fully saturated rings. The number of benzene rings is 2. The van der Waals surface area contributed by atoms with Crippen molar-refractivity contribution in [2.75, 3.05) is 12.0 Å². The van der Waals surface area contributed by atoms with Crippen LogP contribution in [0.2, 0.25) is 0 Å². The molecule has 2 aromatic heterocycles. The van der Waals surface area contributed by atoms with Crippen LogP contribution in [0.1, 0.15) is 18.3 Å². The molecular weight excluding hydrogens is 438 g/mol. The molecule has 0 radical (unpaired) electrons. The lowest BCUT2D eigenvalue weighted by Gasteiger charge is -2.20. The summed E-state index contributed by atoms with van der Waals surface area (Å²) in [6.45, 7) is 1.45. The van der Waals surface area contributed by atoms with Crippen molar-refractivity contribution in [3.05, 3.63) is 83.5 Å². The normalized spacial score (nSPS) is 11.0. The van der Waals surface area contributed by atoms with Crippen molar-refractivity contribution >= 4 is 51.0 Å². The van der Waals surface area contributed by atoms with E-state index >= 15 is 0 Å². The second kappa shape index (κ2) is 10.1. The Balaban J connectivity index is 1.42. The third-order valence-corrected chi connectivity index (χ3v) is 5.62. The van der Waals surface area contributed by atoms with Gasteiger partial charge in [0, 0.05) is 23.8 Å². The molecule has 0 aliphatic carbocycles. The Kier molecular flexibility index (Phi) is 6.75. The van der Waals surface area contributed by atoms with Gasteiger partial charge in [0.15, 0.2) is 5.13 Å². The van der Waals surface area contributed by atoms with E-state index in [9.17, 15) is 9.59 Å². The molecular formula is C25H21N3O4S. The number of ether oxygens (including phenoxy) is 2. The third-order valence-electron chi connectivity index (χ3n) is 4.74. The van der Waals surface area contributed by atoms with Gasteiger partial charge in [-0.2, -0.15) is 0 Å². The lowest BCUT2D eigenvalue weighted by atomic mass is 10.2. The summed E-state index contributed by atoms with van der Waals surface area (Å²) in [6.07, 6.45) is 2.95. The molecule has 0 atom stereocenters. The van der Waals surface area contributed by atoms with E-state index in [1.807, 2.05) is 48.5 Å². The number of nitrogens with zero attached hydrogens (tertiary/aromatic N) is 3. The number of hydrogen-bond donors (Lipinski definition) is 0. The summed E-state index contributed by atoms with van der Waals surface area (Å²) in [7, 11) is 1.55. The van der Waals surface area contributed by atoms with Crippen molar-refractivity contribution in [1.29, 1.82) is 0 Å². The van der Waals surface area contributed by atoms with Gasteiger partial charge in [-0.05, 0) is 30.3 Å². The number of methoxy groups -OCH3 is 1. The van der Waals surface area contributed by atoms with Crippen LogP contribution in [0, 0.1) is 0 Å². The van der Waals surface area contributed by atoms with Gasteiger partial charge in [0.25, 0.3) is 0 Å². The number of hydrogen-bond acceptors (Lipinski definition) is 7. The van der Waals surface area contributed by atoms with Crippen LogP contribution in [0.15, 0.2) is 72.1 Å². The third kappa shape index (κ3) is 5.24. The molecule has 0 spiro atoms. The minimum absolute atomic E-state index is 0.0114. The average Bonchev–Trinajstić information content (AvgIpc) is 3.30. The molecule has 0 bridgehead atoms. The smallest absolute Gasteiger partial charge is 0.331 e. The maximum Gasteiger partial charge on any atom is 0.331 e. The molecule has 2 aromatic carbocycles. The zero-order valence-electron chi connectivity index (χ0n) is 18.1. The van der Waals surface area contributed by atoms with Crippen LogP contribution in [-0.4, -0.2) is 29.0 Å². The quantitative estimate of drug-likeness (QED) is 0.281. The molecule has 166 valence electrons. The maximum atomic E-state index is 12.3. The van der Waals surface area contributed by atoms with Crippen LogP contribution < -0.4 is 9.64 Å². The van der Waals surface area contributed by atoms with Crippen molar-refractivity contribution in [1.82, 2.24) is 9.97 Å². The van der Waals surface area contributed by atoms with Gasteiger partial charge in [-0.1, -0.05) is 36.4 Å². The highest BCUT2D eigenvalue weighted by Crippen LogP contribution is 2.35. The topological polar surface area (TPSA) is 81.6 Å². The first-order valence-electron chi connectivity index (χ1n) is 10.1. The number of pyridine rings is 1. The van der Waals surface area contributed by atoms with Crippen molar-refractivity contribution in [3.63, 3.8) is 0 Å². The Morgan fingerprint density at radius 3 is 2.64 bits per heavy atom. The molecule has 8 heteroatoms. The average molecular weight is 460 g/mol. The summed E-state index contributed by atoms with van der Waals surface area (Å²) in [5, 5.41) is 3.25. The van der Waals surface area contributed by atoms with Gasteiger partial charge in [-0.15, -0.1) is 11.3 Å². The fraction of sp³-hybridized carbons (Fsp3) is 0.120. The first-order chi connectivity index (χ1) is 16.0. The number of amides is 1. The predicted molar refractivity (Wildman–Crippen MR) is 129 cm³/mol. The van der Waals surface area contributed by atoms with Gasteiger partial charge in [-0.3, -0.25) is 9.69 Å². The first kappa shape index (κ1) is 22.2. The minimum Gasteiger partial charge on any atom is -0.495 e. The molecule has 0 aliphatic rings. The zero-order valence-corrected chi connectivity index (χ0v) is 18.9. The fourth-order valence-corrected chi connectivity index (χ4v) is 4.07. The molecule has 2 heterocycles. The molecule has 0 N–H and O–H groups in total. The van der Waals surface area contributed by atoms with Gasteiger partial charge in [-0.25, -0.2) is 14.8 Å². The molecule has 4 rings (SSSR count). The molecule has 4 aromatic rings. The summed E-state index contributed by atoms with van der Waals surface area (Å²) >= 11 is 1.28. The van der Waals surface area contributed by atoms with Crippen LogP contribution in [0.3, 0.4) is 0 Å². The van der Waals surface area contributed by atoms with Gasteiger partial charge < -0.3 is 9.47 Å². The standard InChI is InChI=1S/C25H21N3O4S/c1-17(29)28(22-9-5-6-10-23(22)31-2)25-27-20(16-33-25)15-32-24(30)14-13-19-12-11-18-7-3-4-8-21(18)26-19/h3-14,16H,15H2,1-2H3/b14-13+. The highest BCUT2D eigenvalue weighted by Gasteiger charge is 2.21. The summed E-state index contributed by atoms with van der Waals surface area (Å²) in [4.78, 5) is 34.9. The number of anilines is 2. The van der Waals surface area contributed by atoms with Crippen LogP contribution in [0.25, 0.3) is 17.0 Å². The minimum atomic E-state index is -0.507. The number of thiazole rings is 1. The van der Waals surface area contributed by atoms with Gasteiger partial charge >= 0.3 is 5.97 Å². The van der Waals surface area contributed by atoms with E-state index < -0.39 is 5.97 Å². The number of aromatic nitrogens is 2. The molecule has 0 saturated carbocycles. The monoisotopic (exact) mass is 459 g/mol. The predicted octanol–water partition coefficient (Wildman–Crippen LogP) is 5.14. The highest BCUT2D eigenvalue weighted by atomic mass is 32.1. The fourth-order valence-electron chi connectivity index (χ4n) is 3.21. The number of rotatable bonds is 7. The van der Waals surface area contributed by atoms with Gasteiger partial charge in [0.05, 0.1) is 29.7 Å². The molecule has 7 nitrogen and oxygen atoms in total. The molecule has 0 aliphatic heterocycles. The summed E-state index contributed by atoms with van der Waals surface area (Å²) in [5.41, 5.74) is 2.65. The van der Waals surface area contributed by atoms with Crippen molar-refractivity contribution < 1.29 is 19.1 Å². The van der Waals surface area contributed by atoms with Crippen molar-refractivity contribution in [2.45, 2.75) is 13.5 Å². The molecule has 0 unspecified atom stereocenters. The van der Waals surface area contributed by atoms with Crippen molar-refractivity contribution in [2.24, 2.45) is 0 Å². The summed E-state index contributed by atoms with van der Waals surface area (Å²) in [6, 6.07) is 18.8. The Bertz CT molecular complexity index is 1330. The highest BCUT2D eigenvalue weighted by molar-refractivity contribution is 7.14. The van der Waals surface area contributed by atoms with Crippen molar-refractivity contribution in [3.8, 4) is 5.75 Å². The number of carbonyl (C=O) groups excluding carboxylic acids is 2. The summed E-state index contributed by atoms with van der Waals surface area (Å²) < 4.78 is 10.7. The van der Waals surface area contributed by atoms with E-state index in [1.54, 1.807) is 30.7 Å². The van der Waals surface area contributed by atoms with Gasteiger partial charge in [0.2, 0.25) is 5.91 Å². The Morgan fingerprint density at radius 1 is 1.03 bits per heavy atom. The van der Waals surface area contributed by atoms with E-state index in [-0.39, 0.29) is 12.5 Å². The Hall–Kier alpha value is -4.04. The zero-order chi connectivity index (χ0) is 23.2. The summed E-state index contributed by atoms with van der Waals surface area (Å²) in [5.74, 6) is -0.154. The SMILES string of the molecule is COc1ccccc1N(C(C)=O)c1nc(COC(=O)/C=C/c2ccc3ccccc3n2)cs1. The van der Waals surface area contributed by atoms with E-state index in [2.05, 4.69) is 9.97 Å². The maximum absolute atomic E-state index is 12.3. The number of para-hydroxylation sites is 3. The molecule has 33 heavy (non-hydrogen) atoms. The molecule has 0 saturated heterocycles. The lowest BCUT2D eigenvalue weighted by Crippen LogP contribution is -2.23. The van der Waals surface area contributed by atoms with E-state index in [4.69, 9.17) is 9.47 Å². The first-order valence-corrected chi connectivity index (χ1v) is 11.0. The van der Waals surface area contributed by atoms with Gasteiger partial charge in [0.1, 0.15) is 12.4 Å². The van der Waals surface area contributed by atoms with Crippen LogP contribution in [-0.2, 0) is 20.9 Å². The molecule has 1 amide bonds. The Labute approximate surface area is 194 Å². The lowest BCUT2D eigenvalue weighted by molar-refractivity contribution is -0.139. The second-order valence-corrected chi connectivity index (χ2v) is 7.85.